The molecule has 2 amide bonds. The Morgan fingerprint density at radius 3 is 2.74 bits per heavy atom. The average Bonchev–Trinajstić information content (AvgIpc) is 3.01. The number of urea groups is 1. The van der Waals surface area contributed by atoms with Crippen LogP contribution in [0.3, 0.4) is 0 Å². The molecule has 0 saturated carbocycles. The first kappa shape index (κ1) is 18.2. The minimum Gasteiger partial charge on any atom is -0.399 e. The molecular formula is C16H14F3N6O2+. The number of pyridine rings is 1. The number of benzene rings is 1. The Balaban J connectivity index is 1.64. The van der Waals surface area contributed by atoms with Gasteiger partial charge in [0.2, 0.25) is 11.8 Å². The molecule has 3 rings (SSSR count). The summed E-state index contributed by atoms with van der Waals surface area (Å²) in [5.74, 6) is 0.00313. The fourth-order valence-corrected chi connectivity index (χ4v) is 2.23. The number of hydrogen-bond acceptors (Lipinski definition) is 5. The molecule has 0 saturated heterocycles. The maximum atomic E-state index is 12.8. The second-order valence-corrected chi connectivity index (χ2v) is 5.51. The second-order valence-electron chi connectivity index (χ2n) is 5.51. The van der Waals surface area contributed by atoms with Crippen LogP contribution in [-0.4, -0.2) is 16.3 Å². The number of anilines is 3. The van der Waals surface area contributed by atoms with Gasteiger partial charge in [0.15, 0.2) is 0 Å². The van der Waals surface area contributed by atoms with Crippen LogP contribution in [-0.2, 0) is 12.7 Å². The Morgan fingerprint density at radius 1 is 1.22 bits per heavy atom. The Bertz CT molecular complexity index is 943. The zero-order valence-electron chi connectivity index (χ0n) is 13.7. The van der Waals surface area contributed by atoms with Gasteiger partial charge in [-0.2, -0.15) is 13.2 Å². The maximum Gasteiger partial charge on any atom is 0.416 e. The largest absolute Gasteiger partial charge is 0.416 e. The lowest BCUT2D eigenvalue weighted by Gasteiger charge is -2.11. The third-order valence-corrected chi connectivity index (χ3v) is 3.34. The molecular weight excluding hydrogens is 365 g/mol. The van der Waals surface area contributed by atoms with Crippen molar-refractivity contribution in [3.05, 3.63) is 60.0 Å². The number of hydrogen-bond donors (Lipinski definition) is 3. The molecule has 3 aromatic rings. The van der Waals surface area contributed by atoms with Crippen molar-refractivity contribution in [1.29, 1.82) is 0 Å². The number of nitrogen functional groups attached to an aromatic ring is 1. The van der Waals surface area contributed by atoms with E-state index in [9.17, 15) is 18.0 Å². The highest BCUT2D eigenvalue weighted by atomic mass is 19.4. The summed E-state index contributed by atoms with van der Waals surface area (Å²) in [7, 11) is 0. The number of amides is 2. The van der Waals surface area contributed by atoms with Gasteiger partial charge in [-0.25, -0.2) is 4.79 Å². The summed E-state index contributed by atoms with van der Waals surface area (Å²) in [6.45, 7) is 0.317. The van der Waals surface area contributed by atoms with Crippen molar-refractivity contribution in [2.24, 2.45) is 0 Å². The van der Waals surface area contributed by atoms with Crippen molar-refractivity contribution in [2.75, 3.05) is 16.4 Å². The van der Waals surface area contributed by atoms with Crippen LogP contribution in [0.4, 0.5) is 35.2 Å². The molecule has 11 heteroatoms. The fraction of sp³-hybridized carbons (Fsp3) is 0.125. The lowest BCUT2D eigenvalue weighted by atomic mass is 10.1. The Kier molecular flexibility index (Phi) is 4.92. The first-order chi connectivity index (χ1) is 12.8. The van der Waals surface area contributed by atoms with Crippen molar-refractivity contribution >= 4 is 23.3 Å². The number of nitrogens with one attached hydrogen (secondary N) is 2. The highest BCUT2D eigenvalue weighted by Crippen LogP contribution is 2.32. The number of carbonyl (C=O) groups excluding carboxylic acids is 1. The standard InChI is InChI=1S/C16H13F3N6O2/c17-16(18,19)10-5-11(20)7-13(6-10)22-15(26)23-14-9-25(24-27-14)8-12-3-1-2-4-21-12/h1-7,9H,8,20H2,(H-,22,23,24,26)/p+1. The SMILES string of the molecule is Nc1cc(NC(=O)Nc2c[n+](Cc3ccccn3)no2)cc(C(F)(F)F)c1. The first-order valence-corrected chi connectivity index (χ1v) is 7.62. The van der Waals surface area contributed by atoms with Crippen molar-refractivity contribution in [3.63, 3.8) is 0 Å². The summed E-state index contributed by atoms with van der Waals surface area (Å²) in [4.78, 5) is 16.1. The van der Waals surface area contributed by atoms with E-state index in [-0.39, 0.29) is 17.3 Å². The van der Waals surface area contributed by atoms with Crippen LogP contribution in [0.15, 0.2) is 53.3 Å². The van der Waals surface area contributed by atoms with Crippen LogP contribution in [0, 0.1) is 0 Å². The van der Waals surface area contributed by atoms with Gasteiger partial charge in [-0.3, -0.25) is 14.8 Å². The average molecular weight is 379 g/mol. The number of rotatable bonds is 4. The number of aromatic nitrogens is 3. The molecule has 0 radical (unpaired) electrons. The summed E-state index contributed by atoms with van der Waals surface area (Å²) in [5.41, 5.74) is 4.97. The van der Waals surface area contributed by atoms with E-state index < -0.39 is 17.8 Å². The quantitative estimate of drug-likeness (QED) is 0.477. The normalized spacial score (nSPS) is 11.2. The first-order valence-electron chi connectivity index (χ1n) is 7.62. The predicted octanol–water partition coefficient (Wildman–Crippen LogP) is 2.65. The molecule has 0 aliphatic rings. The minimum absolute atomic E-state index is 0.00313. The smallest absolute Gasteiger partial charge is 0.399 e. The fourth-order valence-electron chi connectivity index (χ4n) is 2.23. The van der Waals surface area contributed by atoms with E-state index in [1.165, 1.54) is 16.9 Å². The maximum absolute atomic E-state index is 12.8. The molecule has 4 N–H and O–H groups in total. The Labute approximate surface area is 150 Å². The van der Waals surface area contributed by atoms with Crippen molar-refractivity contribution in [1.82, 2.24) is 10.3 Å². The van der Waals surface area contributed by atoms with Gasteiger partial charge >= 0.3 is 18.1 Å². The number of nitrogens with zero attached hydrogens (tertiary/aromatic N) is 3. The zero-order valence-corrected chi connectivity index (χ0v) is 13.7. The third-order valence-electron chi connectivity index (χ3n) is 3.34. The van der Waals surface area contributed by atoms with Crippen molar-refractivity contribution in [3.8, 4) is 0 Å². The summed E-state index contributed by atoms with van der Waals surface area (Å²) in [6.07, 6.45) is -1.54. The van der Waals surface area contributed by atoms with Gasteiger partial charge in [0.1, 0.15) is 5.69 Å². The molecule has 8 nitrogen and oxygen atoms in total. The molecule has 27 heavy (non-hydrogen) atoms. The van der Waals surface area contributed by atoms with Gasteiger partial charge in [-0.05, 0) is 35.0 Å². The van der Waals surface area contributed by atoms with Crippen LogP contribution >= 0.6 is 0 Å². The lowest BCUT2D eigenvalue weighted by molar-refractivity contribution is -0.755. The van der Waals surface area contributed by atoms with Gasteiger partial charge in [-0.1, -0.05) is 6.07 Å². The van der Waals surface area contributed by atoms with E-state index in [0.29, 0.717) is 6.54 Å². The minimum atomic E-state index is -4.58. The molecule has 0 aliphatic heterocycles. The number of alkyl halides is 3. The van der Waals surface area contributed by atoms with Crippen LogP contribution in [0.5, 0.6) is 0 Å². The molecule has 0 atom stereocenters. The molecule has 140 valence electrons. The van der Waals surface area contributed by atoms with E-state index in [0.717, 1.165) is 17.8 Å². The summed E-state index contributed by atoms with van der Waals surface area (Å²) in [6, 6.07) is 7.33. The predicted molar refractivity (Wildman–Crippen MR) is 88.5 cm³/mol. The highest BCUT2D eigenvalue weighted by Gasteiger charge is 2.31. The van der Waals surface area contributed by atoms with Gasteiger partial charge in [0, 0.05) is 17.6 Å². The number of halogens is 3. The van der Waals surface area contributed by atoms with E-state index in [2.05, 4.69) is 20.9 Å². The zero-order chi connectivity index (χ0) is 19.4. The van der Waals surface area contributed by atoms with Gasteiger partial charge in [-0.15, -0.1) is 0 Å². The molecule has 0 fully saturated rings. The van der Waals surface area contributed by atoms with Crippen LogP contribution in [0.1, 0.15) is 11.3 Å². The number of carbonyl (C=O) groups is 1. The van der Waals surface area contributed by atoms with Crippen LogP contribution in [0.25, 0.3) is 0 Å². The van der Waals surface area contributed by atoms with E-state index >= 15 is 0 Å². The number of nitrogens with two attached hydrogens (primary N) is 1. The summed E-state index contributed by atoms with van der Waals surface area (Å²) >= 11 is 0. The topological polar surface area (TPSA) is 110 Å². The van der Waals surface area contributed by atoms with Gasteiger partial charge in [0.25, 0.3) is 6.20 Å². The molecule has 1 aromatic carbocycles. The molecule has 0 unspecified atom stereocenters. The monoisotopic (exact) mass is 379 g/mol. The van der Waals surface area contributed by atoms with Gasteiger partial charge in [0.05, 0.1) is 5.56 Å². The second kappa shape index (κ2) is 7.32. The van der Waals surface area contributed by atoms with Crippen LogP contribution < -0.4 is 21.0 Å². The highest BCUT2D eigenvalue weighted by molar-refractivity contribution is 5.99. The molecule has 2 aromatic heterocycles. The third kappa shape index (κ3) is 4.93. The van der Waals surface area contributed by atoms with Crippen LogP contribution in [0.2, 0.25) is 0 Å². The van der Waals surface area contributed by atoms with E-state index in [4.69, 9.17) is 10.3 Å². The van der Waals surface area contributed by atoms with Crippen molar-refractivity contribution in [2.45, 2.75) is 12.7 Å². The summed E-state index contributed by atoms with van der Waals surface area (Å²) in [5, 5.41) is 8.32. The van der Waals surface area contributed by atoms with E-state index in [1.807, 2.05) is 6.07 Å². The molecule has 2 heterocycles. The van der Waals surface area contributed by atoms with Gasteiger partial charge < -0.3 is 11.1 Å². The summed E-state index contributed by atoms with van der Waals surface area (Å²) < 4.78 is 44.8. The Morgan fingerprint density at radius 2 is 2.04 bits per heavy atom. The van der Waals surface area contributed by atoms with E-state index in [1.54, 1.807) is 18.3 Å². The lowest BCUT2D eigenvalue weighted by Crippen LogP contribution is -2.35. The molecule has 0 bridgehead atoms. The van der Waals surface area contributed by atoms with Crippen molar-refractivity contribution < 1.29 is 27.2 Å². The Hall–Kier alpha value is -3.63. The molecule has 0 aliphatic carbocycles. The molecule has 0 spiro atoms.